The van der Waals surface area contributed by atoms with Crippen molar-refractivity contribution in [2.45, 2.75) is 100 Å². The van der Waals surface area contributed by atoms with Crippen molar-refractivity contribution in [2.75, 3.05) is 11.5 Å². The van der Waals surface area contributed by atoms with Crippen LogP contribution in [-0.2, 0) is 0 Å². The molecule has 0 aliphatic rings. The number of H-pyrrole nitrogens is 1. The Balaban J connectivity index is 0.00000106. The van der Waals surface area contributed by atoms with E-state index in [4.69, 9.17) is 4.98 Å². The number of thiazole rings is 1. The number of thioether (sulfide) groups is 1. The van der Waals surface area contributed by atoms with Gasteiger partial charge in [0.2, 0.25) is 0 Å². The SMILES string of the molecule is C=C\C=C/C(=C(\C)CCC)C(=C\C)/c1csc(-c2cc(C(C)=O)c[nH]c2=O)n1.CCC.CCCCCSCCC. The number of nitrogens with one attached hydrogen (secondary N) is 1. The molecule has 0 aliphatic carbocycles. The van der Waals surface area contributed by atoms with Gasteiger partial charge in [-0.2, -0.15) is 11.8 Å². The highest BCUT2D eigenvalue weighted by Gasteiger charge is 2.15. The number of carbonyl (C=O) groups is 1. The molecule has 2 aromatic heterocycles. The number of pyridine rings is 1. The molecule has 2 rings (SSSR count). The fourth-order valence-electron chi connectivity index (χ4n) is 3.64. The Morgan fingerprint density at radius 3 is 2.33 bits per heavy atom. The minimum Gasteiger partial charge on any atom is -0.328 e. The third kappa shape index (κ3) is 14.3. The molecule has 0 aromatic carbocycles. The average Bonchev–Trinajstić information content (AvgIpc) is 3.41. The lowest BCUT2D eigenvalue weighted by Crippen LogP contribution is -2.10. The van der Waals surface area contributed by atoms with Crippen molar-refractivity contribution < 1.29 is 4.79 Å². The van der Waals surface area contributed by atoms with Gasteiger partial charge in [0, 0.05) is 22.7 Å². The molecule has 0 spiro atoms. The van der Waals surface area contributed by atoms with Crippen LogP contribution >= 0.6 is 23.1 Å². The molecule has 0 aliphatic heterocycles. The van der Waals surface area contributed by atoms with E-state index in [-0.39, 0.29) is 11.3 Å². The zero-order valence-electron chi connectivity index (χ0n) is 26.2. The number of aromatic amines is 1. The van der Waals surface area contributed by atoms with Crippen LogP contribution in [0.2, 0.25) is 0 Å². The maximum Gasteiger partial charge on any atom is 0.258 e. The van der Waals surface area contributed by atoms with Crippen molar-refractivity contribution in [1.82, 2.24) is 9.97 Å². The Labute approximate surface area is 252 Å². The predicted molar refractivity (Wildman–Crippen MR) is 182 cm³/mol. The van der Waals surface area contributed by atoms with Gasteiger partial charge in [-0.15, -0.1) is 11.3 Å². The van der Waals surface area contributed by atoms with E-state index in [0.717, 1.165) is 29.7 Å². The summed E-state index contributed by atoms with van der Waals surface area (Å²) in [7, 11) is 0. The topological polar surface area (TPSA) is 62.8 Å². The second-order valence-electron chi connectivity index (χ2n) is 9.49. The summed E-state index contributed by atoms with van der Waals surface area (Å²) in [5.74, 6) is 2.63. The molecule has 0 unspecified atom stereocenters. The number of carbonyl (C=O) groups excluding carboxylic acids is 1. The minimum absolute atomic E-state index is 0.0987. The van der Waals surface area contributed by atoms with Crippen LogP contribution in [0, 0.1) is 0 Å². The molecular weight excluding hydrogens is 533 g/mol. The van der Waals surface area contributed by atoms with Crippen LogP contribution in [0.25, 0.3) is 16.1 Å². The van der Waals surface area contributed by atoms with Gasteiger partial charge in [-0.25, -0.2) is 4.98 Å². The molecule has 0 bridgehead atoms. The van der Waals surface area contributed by atoms with E-state index >= 15 is 0 Å². The zero-order chi connectivity index (χ0) is 30.3. The molecule has 0 fully saturated rings. The van der Waals surface area contributed by atoms with Crippen molar-refractivity contribution in [3.8, 4) is 10.6 Å². The highest BCUT2D eigenvalue weighted by molar-refractivity contribution is 7.99. The van der Waals surface area contributed by atoms with Gasteiger partial charge in [-0.1, -0.05) is 96.8 Å². The number of nitrogens with zero attached hydrogens (tertiary/aromatic N) is 1. The largest absolute Gasteiger partial charge is 0.328 e. The summed E-state index contributed by atoms with van der Waals surface area (Å²) in [4.78, 5) is 31.3. The predicted octanol–water partition coefficient (Wildman–Crippen LogP) is 10.7. The van der Waals surface area contributed by atoms with Gasteiger partial charge in [-0.3, -0.25) is 9.59 Å². The van der Waals surface area contributed by atoms with E-state index in [2.05, 4.69) is 70.9 Å². The monoisotopic (exact) mass is 584 g/mol. The molecule has 40 heavy (non-hydrogen) atoms. The smallest absolute Gasteiger partial charge is 0.258 e. The average molecular weight is 585 g/mol. The number of unbranched alkanes of at least 4 members (excludes halogenated alkanes) is 2. The standard InChI is InChI=1S/C23H26N2O2S.C8H18S.C3H8/c1-6-9-11-19(15(4)10-7-2)18(8-3)21-14-28-23(25-21)20-12-17(16(5)26)13-24-22(20)27;1-3-5-6-8-9-7-4-2;1-3-2/h6,8-9,11-14H,1,7,10H2,2-5H3,(H,24,27);3-8H2,1-2H3;3H2,1-2H3/b11-9-,18-8+,19-15-;;. The normalized spacial score (nSPS) is 11.8. The van der Waals surface area contributed by atoms with E-state index in [1.54, 1.807) is 12.1 Å². The number of hydrogen-bond acceptors (Lipinski definition) is 5. The van der Waals surface area contributed by atoms with Crippen LogP contribution in [0.3, 0.4) is 0 Å². The lowest BCUT2D eigenvalue weighted by Gasteiger charge is -2.11. The summed E-state index contributed by atoms with van der Waals surface area (Å²) < 4.78 is 0. The van der Waals surface area contributed by atoms with Crippen LogP contribution in [0.5, 0.6) is 0 Å². The summed E-state index contributed by atoms with van der Waals surface area (Å²) in [5, 5.41) is 2.55. The molecule has 2 heterocycles. The Hall–Kier alpha value is -2.44. The van der Waals surface area contributed by atoms with Crippen LogP contribution in [0.15, 0.2) is 64.5 Å². The Morgan fingerprint density at radius 2 is 1.77 bits per heavy atom. The molecule has 0 saturated heterocycles. The second kappa shape index (κ2) is 23.3. The maximum absolute atomic E-state index is 12.3. The van der Waals surface area contributed by atoms with E-state index in [9.17, 15) is 9.59 Å². The number of ketones is 1. The first-order chi connectivity index (χ1) is 19.2. The Morgan fingerprint density at radius 1 is 1.07 bits per heavy atom. The first-order valence-electron chi connectivity index (χ1n) is 14.7. The van der Waals surface area contributed by atoms with Crippen LogP contribution in [0.4, 0.5) is 0 Å². The van der Waals surface area contributed by atoms with Crippen molar-refractivity contribution in [3.05, 3.63) is 81.3 Å². The molecule has 6 heteroatoms. The summed E-state index contributed by atoms with van der Waals surface area (Å²) in [6.45, 7) is 20.3. The number of hydrogen-bond donors (Lipinski definition) is 1. The summed E-state index contributed by atoms with van der Waals surface area (Å²) in [5.41, 5.74) is 4.85. The van der Waals surface area contributed by atoms with E-state index in [1.807, 2.05) is 24.5 Å². The van der Waals surface area contributed by atoms with Gasteiger partial charge in [0.15, 0.2) is 5.78 Å². The van der Waals surface area contributed by atoms with Gasteiger partial charge in [-0.05, 0) is 63.2 Å². The molecule has 0 radical (unpaired) electrons. The van der Waals surface area contributed by atoms with Gasteiger partial charge in [0.05, 0.1) is 11.3 Å². The fraction of sp³-hybridized carbons (Fsp3) is 0.500. The van der Waals surface area contributed by atoms with Crippen LogP contribution < -0.4 is 5.56 Å². The van der Waals surface area contributed by atoms with Gasteiger partial charge < -0.3 is 4.98 Å². The first kappa shape index (κ1) is 37.6. The van der Waals surface area contributed by atoms with E-state index < -0.39 is 0 Å². The highest BCUT2D eigenvalue weighted by atomic mass is 32.2. The molecule has 0 amide bonds. The number of aromatic nitrogens is 2. The molecule has 0 atom stereocenters. The highest BCUT2D eigenvalue weighted by Crippen LogP contribution is 2.32. The number of rotatable bonds is 14. The van der Waals surface area contributed by atoms with E-state index in [0.29, 0.717) is 16.1 Å². The molecule has 2 aromatic rings. The lowest BCUT2D eigenvalue weighted by atomic mass is 9.95. The van der Waals surface area contributed by atoms with Gasteiger partial charge >= 0.3 is 0 Å². The van der Waals surface area contributed by atoms with Crippen LogP contribution in [0.1, 0.15) is 116 Å². The van der Waals surface area contributed by atoms with Crippen LogP contribution in [-0.4, -0.2) is 27.3 Å². The third-order valence-electron chi connectivity index (χ3n) is 5.62. The van der Waals surface area contributed by atoms with Gasteiger partial charge in [0.1, 0.15) is 5.01 Å². The number of Topliss-reactive ketones (excluding diaryl/α,β-unsaturated/α-hetero) is 1. The summed E-state index contributed by atoms with van der Waals surface area (Å²) in [6, 6.07) is 1.61. The second-order valence-corrected chi connectivity index (χ2v) is 11.6. The molecule has 4 nitrogen and oxygen atoms in total. The van der Waals surface area contributed by atoms with Gasteiger partial charge in [0.25, 0.3) is 5.56 Å². The summed E-state index contributed by atoms with van der Waals surface area (Å²) in [6.07, 6.45) is 18.0. The summed E-state index contributed by atoms with van der Waals surface area (Å²) >= 11 is 3.49. The molecule has 1 N–H and O–H groups in total. The Bertz CT molecular complexity index is 1150. The fourth-order valence-corrected chi connectivity index (χ4v) is 5.38. The quantitative estimate of drug-likeness (QED) is 0.136. The van der Waals surface area contributed by atoms with E-state index in [1.165, 1.54) is 73.6 Å². The molecular formula is C34H52N2O2S2. The third-order valence-corrected chi connectivity index (χ3v) is 7.77. The van der Waals surface area contributed by atoms with Crippen molar-refractivity contribution in [3.63, 3.8) is 0 Å². The van der Waals surface area contributed by atoms with Crippen molar-refractivity contribution >= 4 is 34.5 Å². The zero-order valence-corrected chi connectivity index (χ0v) is 27.8. The molecule has 222 valence electrons. The molecule has 0 saturated carbocycles. The minimum atomic E-state index is -0.252. The van der Waals surface area contributed by atoms with Crippen molar-refractivity contribution in [2.24, 2.45) is 0 Å². The van der Waals surface area contributed by atoms with Crippen molar-refractivity contribution in [1.29, 1.82) is 0 Å². The lowest BCUT2D eigenvalue weighted by molar-refractivity contribution is 0.101. The Kier molecular flexibility index (Phi) is 21.9. The maximum atomic E-state index is 12.3. The number of allylic oxidation sites excluding steroid dienone is 7. The first-order valence-corrected chi connectivity index (χ1v) is 16.7.